The van der Waals surface area contributed by atoms with E-state index in [9.17, 15) is 9.59 Å². The van der Waals surface area contributed by atoms with Crippen molar-refractivity contribution in [2.24, 2.45) is 0 Å². The summed E-state index contributed by atoms with van der Waals surface area (Å²) in [6.45, 7) is 0. The van der Waals surface area contributed by atoms with Gasteiger partial charge in [-0.25, -0.2) is 0 Å². The molecule has 4 heterocycles. The summed E-state index contributed by atoms with van der Waals surface area (Å²) in [5.41, 5.74) is 1.99. The molecule has 25 heavy (non-hydrogen) atoms. The number of amides is 2. The van der Waals surface area contributed by atoms with Gasteiger partial charge in [-0.15, -0.1) is 0 Å². The maximum Gasteiger partial charge on any atom is 0.290 e. The van der Waals surface area contributed by atoms with Crippen molar-refractivity contribution in [2.75, 3.05) is 0 Å². The van der Waals surface area contributed by atoms with Gasteiger partial charge in [0.2, 0.25) is 0 Å². The average molecular weight is 347 g/mol. The van der Waals surface area contributed by atoms with E-state index in [4.69, 9.17) is 4.42 Å². The Bertz CT molecular complexity index is 1090. The van der Waals surface area contributed by atoms with Crippen LogP contribution in [0.5, 0.6) is 0 Å². The van der Waals surface area contributed by atoms with Crippen LogP contribution in [0.2, 0.25) is 0 Å². The number of hydrogen-bond donors (Lipinski definition) is 1. The summed E-state index contributed by atoms with van der Waals surface area (Å²) in [4.78, 5) is 31.3. The Kier molecular flexibility index (Phi) is 3.80. The fourth-order valence-corrected chi connectivity index (χ4v) is 2.93. The molecule has 0 aliphatic carbocycles. The lowest BCUT2D eigenvalue weighted by Crippen LogP contribution is -2.17. The number of nitrogens with one attached hydrogen (secondary N) is 1. The molecule has 1 fully saturated rings. The van der Waals surface area contributed by atoms with Crippen molar-refractivity contribution in [3.63, 3.8) is 0 Å². The zero-order chi connectivity index (χ0) is 17.2. The molecule has 0 spiro atoms. The predicted octanol–water partition coefficient (Wildman–Crippen LogP) is 2.95. The third-order valence-electron chi connectivity index (χ3n) is 3.36. The number of rotatable bonds is 1. The van der Waals surface area contributed by atoms with Gasteiger partial charge in [-0.3, -0.25) is 24.9 Å². The Labute approximate surface area is 146 Å². The molecule has 4 rings (SSSR count). The molecular formula is C18H9N3O3S. The number of aromatic nitrogens is 2. The van der Waals surface area contributed by atoms with Crippen molar-refractivity contribution in [3.05, 3.63) is 64.8 Å². The molecule has 1 saturated heterocycles. The molecule has 6 nitrogen and oxygen atoms in total. The molecule has 0 aromatic carbocycles. The first-order valence-electron chi connectivity index (χ1n) is 7.23. The lowest BCUT2D eigenvalue weighted by molar-refractivity contribution is -0.115. The minimum Gasteiger partial charge on any atom is -0.455 e. The highest BCUT2D eigenvalue weighted by Crippen LogP contribution is 2.28. The number of thioether (sulfide) groups is 1. The summed E-state index contributed by atoms with van der Waals surface area (Å²) in [6.07, 6.45) is 8.16. The standard InChI is InChI=1S/C18H9N3O3S/c22-17-15(25-18(23)21-17)7-14-6-13-10-20-9-12(16(13)24-14)4-3-11-2-1-5-19-8-11/h1-2,5-10H,(H,21,22,23). The monoisotopic (exact) mass is 347 g/mol. The van der Waals surface area contributed by atoms with E-state index in [0.29, 0.717) is 21.8 Å². The molecule has 120 valence electrons. The van der Waals surface area contributed by atoms with E-state index in [1.807, 2.05) is 12.1 Å². The topological polar surface area (TPSA) is 85.1 Å². The Hall–Kier alpha value is -3.37. The van der Waals surface area contributed by atoms with Crippen LogP contribution in [-0.2, 0) is 4.79 Å². The Morgan fingerprint density at radius 2 is 2.08 bits per heavy atom. The lowest BCUT2D eigenvalue weighted by Gasteiger charge is -1.92. The maximum absolute atomic E-state index is 11.6. The highest BCUT2D eigenvalue weighted by molar-refractivity contribution is 8.18. The Morgan fingerprint density at radius 1 is 1.16 bits per heavy atom. The molecule has 0 bridgehead atoms. The quantitative estimate of drug-likeness (QED) is 0.538. The molecule has 3 aromatic rings. The highest BCUT2D eigenvalue weighted by atomic mass is 32.2. The van der Waals surface area contributed by atoms with Gasteiger partial charge in [0, 0.05) is 41.8 Å². The third kappa shape index (κ3) is 3.16. The zero-order valence-corrected chi connectivity index (χ0v) is 13.5. The van der Waals surface area contributed by atoms with Gasteiger partial charge < -0.3 is 4.42 Å². The molecule has 0 atom stereocenters. The van der Waals surface area contributed by atoms with Gasteiger partial charge in [0.15, 0.2) is 5.58 Å². The summed E-state index contributed by atoms with van der Waals surface area (Å²) in [5.74, 6) is 6.06. The van der Waals surface area contributed by atoms with E-state index in [0.717, 1.165) is 22.7 Å². The summed E-state index contributed by atoms with van der Waals surface area (Å²) in [6, 6.07) is 5.42. The van der Waals surface area contributed by atoms with E-state index in [-0.39, 0.29) is 0 Å². The van der Waals surface area contributed by atoms with Crippen LogP contribution in [0.25, 0.3) is 17.0 Å². The van der Waals surface area contributed by atoms with Crippen LogP contribution < -0.4 is 5.32 Å². The van der Waals surface area contributed by atoms with Gasteiger partial charge in [-0.2, -0.15) is 0 Å². The van der Waals surface area contributed by atoms with Gasteiger partial charge in [0.1, 0.15) is 5.76 Å². The van der Waals surface area contributed by atoms with Gasteiger partial charge in [-0.05, 0) is 30.0 Å². The second-order valence-corrected chi connectivity index (χ2v) is 6.11. The first-order chi connectivity index (χ1) is 12.2. The number of pyridine rings is 2. The molecule has 7 heteroatoms. The molecule has 0 unspecified atom stereocenters. The summed E-state index contributed by atoms with van der Waals surface area (Å²) in [5, 5.41) is 2.58. The van der Waals surface area contributed by atoms with Crippen molar-refractivity contribution in [1.29, 1.82) is 0 Å². The van der Waals surface area contributed by atoms with E-state index < -0.39 is 11.1 Å². The van der Waals surface area contributed by atoms with Gasteiger partial charge in [0.25, 0.3) is 11.1 Å². The number of carbonyl (C=O) groups is 2. The molecule has 0 radical (unpaired) electrons. The van der Waals surface area contributed by atoms with Crippen LogP contribution in [0.15, 0.2) is 52.3 Å². The second kappa shape index (κ2) is 6.26. The normalized spacial score (nSPS) is 15.3. The summed E-state index contributed by atoms with van der Waals surface area (Å²) < 4.78 is 5.79. The minimum absolute atomic E-state index is 0.292. The summed E-state index contributed by atoms with van der Waals surface area (Å²) >= 11 is 0.841. The summed E-state index contributed by atoms with van der Waals surface area (Å²) in [7, 11) is 0. The van der Waals surface area contributed by atoms with Crippen LogP contribution >= 0.6 is 11.8 Å². The molecule has 3 aromatic heterocycles. The molecule has 0 saturated carbocycles. The van der Waals surface area contributed by atoms with Crippen LogP contribution in [0.3, 0.4) is 0 Å². The van der Waals surface area contributed by atoms with Crippen LogP contribution in [-0.4, -0.2) is 21.1 Å². The fourth-order valence-electron chi connectivity index (χ4n) is 2.27. The molecular weight excluding hydrogens is 338 g/mol. The van der Waals surface area contributed by atoms with Crippen molar-refractivity contribution in [3.8, 4) is 11.8 Å². The Morgan fingerprint density at radius 3 is 2.84 bits per heavy atom. The average Bonchev–Trinajstić information content (AvgIpc) is 3.16. The second-order valence-electron chi connectivity index (χ2n) is 5.10. The van der Waals surface area contributed by atoms with Crippen LogP contribution in [0.1, 0.15) is 16.9 Å². The number of fused-ring (bicyclic) bond motifs is 1. The first kappa shape index (κ1) is 15.2. The SMILES string of the molecule is O=C1NC(=O)C(=Cc2cc3cncc(C#Cc4cccnc4)c3o2)S1. The van der Waals surface area contributed by atoms with Crippen molar-refractivity contribution in [2.45, 2.75) is 0 Å². The zero-order valence-electron chi connectivity index (χ0n) is 12.6. The van der Waals surface area contributed by atoms with Crippen molar-refractivity contribution >= 4 is 40.0 Å². The Balaban J connectivity index is 1.72. The minimum atomic E-state index is -0.426. The number of nitrogens with zero attached hydrogens (tertiary/aromatic N) is 2. The van der Waals surface area contributed by atoms with E-state index in [1.165, 1.54) is 6.08 Å². The number of imide groups is 1. The lowest BCUT2D eigenvalue weighted by atomic mass is 10.2. The van der Waals surface area contributed by atoms with Gasteiger partial charge in [0.05, 0.1) is 10.5 Å². The van der Waals surface area contributed by atoms with Gasteiger partial charge in [-0.1, -0.05) is 11.8 Å². The maximum atomic E-state index is 11.6. The third-order valence-corrected chi connectivity index (χ3v) is 4.17. The highest BCUT2D eigenvalue weighted by Gasteiger charge is 2.25. The molecule has 1 aliphatic rings. The van der Waals surface area contributed by atoms with Crippen molar-refractivity contribution in [1.82, 2.24) is 15.3 Å². The van der Waals surface area contributed by atoms with Crippen LogP contribution in [0.4, 0.5) is 4.79 Å². The first-order valence-corrected chi connectivity index (χ1v) is 8.05. The van der Waals surface area contributed by atoms with E-state index in [1.54, 1.807) is 30.9 Å². The number of carbonyl (C=O) groups excluding carboxylic acids is 2. The number of hydrogen-bond acceptors (Lipinski definition) is 6. The van der Waals surface area contributed by atoms with E-state index in [2.05, 4.69) is 27.1 Å². The van der Waals surface area contributed by atoms with E-state index >= 15 is 0 Å². The fraction of sp³-hybridized carbons (Fsp3) is 0. The van der Waals surface area contributed by atoms with Gasteiger partial charge >= 0.3 is 0 Å². The number of furan rings is 1. The van der Waals surface area contributed by atoms with Crippen LogP contribution in [0, 0.1) is 11.8 Å². The molecule has 1 N–H and O–H groups in total. The molecule has 2 amide bonds. The smallest absolute Gasteiger partial charge is 0.290 e. The largest absolute Gasteiger partial charge is 0.455 e. The van der Waals surface area contributed by atoms with Crippen molar-refractivity contribution < 1.29 is 14.0 Å². The predicted molar refractivity (Wildman–Crippen MR) is 93.3 cm³/mol. The molecule has 1 aliphatic heterocycles.